The molecule has 0 aromatic heterocycles. The van der Waals surface area contributed by atoms with E-state index >= 15 is 0 Å². The van der Waals surface area contributed by atoms with Gasteiger partial charge in [0.25, 0.3) is 0 Å². The van der Waals surface area contributed by atoms with E-state index in [1.165, 1.54) is 6.07 Å². The molecule has 0 saturated heterocycles. The van der Waals surface area contributed by atoms with E-state index in [1.807, 2.05) is 5.43 Å². The molecule has 0 heterocycles. The van der Waals surface area contributed by atoms with Gasteiger partial charge in [-0.1, -0.05) is 15.9 Å². The SMILES string of the molecule is NNC(=O)CCCCOc1cc(Br)cc(F)c1F. The van der Waals surface area contributed by atoms with Gasteiger partial charge in [0.05, 0.1) is 6.61 Å². The molecule has 0 radical (unpaired) electrons. The first-order chi connectivity index (χ1) is 8.54. The number of rotatable bonds is 6. The fourth-order valence-corrected chi connectivity index (χ4v) is 1.69. The van der Waals surface area contributed by atoms with Gasteiger partial charge in [-0.15, -0.1) is 0 Å². The summed E-state index contributed by atoms with van der Waals surface area (Å²) in [4.78, 5) is 10.8. The number of unbranched alkanes of at least 4 members (excludes halogenated alkanes) is 1. The van der Waals surface area contributed by atoms with Crippen LogP contribution in [-0.2, 0) is 4.79 Å². The zero-order chi connectivity index (χ0) is 13.5. The molecule has 1 amide bonds. The minimum atomic E-state index is -1.02. The Kier molecular flexibility index (Phi) is 6.00. The first-order valence-corrected chi connectivity index (χ1v) is 6.10. The van der Waals surface area contributed by atoms with Crippen LogP contribution in [-0.4, -0.2) is 12.5 Å². The van der Waals surface area contributed by atoms with Crippen molar-refractivity contribution in [2.24, 2.45) is 5.84 Å². The van der Waals surface area contributed by atoms with Gasteiger partial charge < -0.3 is 4.74 Å². The number of nitrogens with two attached hydrogens (primary N) is 1. The molecule has 100 valence electrons. The molecule has 18 heavy (non-hydrogen) atoms. The Morgan fingerprint density at radius 2 is 2.11 bits per heavy atom. The Morgan fingerprint density at radius 3 is 2.78 bits per heavy atom. The number of nitrogens with one attached hydrogen (secondary N) is 1. The van der Waals surface area contributed by atoms with Crippen molar-refractivity contribution in [3.8, 4) is 5.75 Å². The molecule has 1 rings (SSSR count). The van der Waals surface area contributed by atoms with Gasteiger partial charge in [0, 0.05) is 10.9 Å². The first kappa shape index (κ1) is 14.8. The van der Waals surface area contributed by atoms with Gasteiger partial charge in [0.15, 0.2) is 11.6 Å². The Labute approximate surface area is 112 Å². The van der Waals surface area contributed by atoms with Crippen molar-refractivity contribution >= 4 is 21.8 Å². The van der Waals surface area contributed by atoms with Crippen molar-refractivity contribution in [3.05, 3.63) is 28.2 Å². The molecule has 0 aliphatic heterocycles. The summed E-state index contributed by atoms with van der Waals surface area (Å²) in [5.41, 5.74) is 2.00. The molecule has 0 fully saturated rings. The Morgan fingerprint density at radius 1 is 1.39 bits per heavy atom. The molecule has 0 aliphatic carbocycles. The summed E-state index contributed by atoms with van der Waals surface area (Å²) in [5, 5.41) is 0. The van der Waals surface area contributed by atoms with Crippen molar-refractivity contribution in [1.29, 1.82) is 0 Å². The summed E-state index contributed by atoms with van der Waals surface area (Å²) in [6, 6.07) is 2.37. The van der Waals surface area contributed by atoms with Gasteiger partial charge in [0.2, 0.25) is 11.7 Å². The van der Waals surface area contributed by atoms with Crippen molar-refractivity contribution in [1.82, 2.24) is 5.43 Å². The van der Waals surface area contributed by atoms with Gasteiger partial charge in [0.1, 0.15) is 0 Å². The van der Waals surface area contributed by atoms with Crippen LogP contribution in [0, 0.1) is 11.6 Å². The number of carbonyl (C=O) groups excluding carboxylic acids is 1. The molecule has 0 atom stereocenters. The Balaban J connectivity index is 2.38. The number of hydrogen-bond donors (Lipinski definition) is 2. The summed E-state index contributed by atoms with van der Waals surface area (Å²) in [7, 11) is 0. The molecule has 0 aliphatic rings. The number of hydrazine groups is 1. The maximum atomic E-state index is 13.3. The molecule has 7 heteroatoms. The second kappa shape index (κ2) is 7.27. The highest BCUT2D eigenvalue weighted by molar-refractivity contribution is 9.10. The maximum absolute atomic E-state index is 13.3. The van der Waals surface area contributed by atoms with E-state index < -0.39 is 11.6 Å². The average Bonchev–Trinajstić information content (AvgIpc) is 2.34. The summed E-state index contributed by atoms with van der Waals surface area (Å²) in [5.74, 6) is 2.50. The average molecular weight is 323 g/mol. The van der Waals surface area contributed by atoms with E-state index in [2.05, 4.69) is 15.9 Å². The monoisotopic (exact) mass is 322 g/mol. The van der Waals surface area contributed by atoms with E-state index in [0.29, 0.717) is 17.3 Å². The molecular formula is C11H13BrF2N2O2. The molecule has 0 saturated carbocycles. The fourth-order valence-electron chi connectivity index (χ4n) is 1.28. The van der Waals surface area contributed by atoms with Crippen LogP contribution in [0.3, 0.4) is 0 Å². The third-order valence-electron chi connectivity index (χ3n) is 2.18. The number of amides is 1. The van der Waals surface area contributed by atoms with Crippen LogP contribution in [0.2, 0.25) is 0 Å². The number of hydrogen-bond acceptors (Lipinski definition) is 3. The summed E-state index contributed by atoms with van der Waals surface area (Å²) in [6.45, 7) is 0.199. The quantitative estimate of drug-likeness (QED) is 0.277. The van der Waals surface area contributed by atoms with E-state index in [-0.39, 0.29) is 24.7 Å². The standard InChI is InChI=1S/C11H13BrF2N2O2/c12-7-5-8(13)11(14)9(6-7)18-4-2-1-3-10(17)16-15/h5-6H,1-4,15H2,(H,16,17). The lowest BCUT2D eigenvalue weighted by atomic mass is 10.2. The number of ether oxygens (including phenoxy) is 1. The first-order valence-electron chi connectivity index (χ1n) is 5.31. The number of carbonyl (C=O) groups is 1. The summed E-state index contributed by atoms with van der Waals surface area (Å²) in [6.07, 6.45) is 1.37. The number of halogens is 3. The molecule has 0 bridgehead atoms. The van der Waals surface area contributed by atoms with Crippen LogP contribution in [0.4, 0.5) is 8.78 Å². The van der Waals surface area contributed by atoms with Gasteiger partial charge in [-0.2, -0.15) is 4.39 Å². The lowest BCUT2D eigenvalue weighted by molar-refractivity contribution is -0.121. The second-order valence-corrected chi connectivity index (χ2v) is 4.49. The smallest absolute Gasteiger partial charge is 0.233 e. The van der Waals surface area contributed by atoms with Crippen LogP contribution >= 0.6 is 15.9 Å². The molecule has 4 nitrogen and oxygen atoms in total. The second-order valence-electron chi connectivity index (χ2n) is 3.57. The van der Waals surface area contributed by atoms with Crippen LogP contribution in [0.15, 0.2) is 16.6 Å². The van der Waals surface area contributed by atoms with Gasteiger partial charge in [-0.3, -0.25) is 10.2 Å². The lowest BCUT2D eigenvalue weighted by Gasteiger charge is -2.08. The largest absolute Gasteiger partial charge is 0.490 e. The van der Waals surface area contributed by atoms with Crippen molar-refractivity contribution in [2.75, 3.05) is 6.61 Å². The molecule has 0 spiro atoms. The van der Waals surface area contributed by atoms with Gasteiger partial charge in [-0.05, 0) is 25.0 Å². The van der Waals surface area contributed by atoms with Crippen LogP contribution in [0.25, 0.3) is 0 Å². The predicted octanol–water partition coefficient (Wildman–Crippen LogP) is 2.27. The zero-order valence-corrected chi connectivity index (χ0v) is 11.1. The molecule has 1 aromatic carbocycles. The minimum Gasteiger partial charge on any atom is -0.490 e. The normalized spacial score (nSPS) is 10.2. The molecule has 0 unspecified atom stereocenters. The highest BCUT2D eigenvalue weighted by Crippen LogP contribution is 2.25. The van der Waals surface area contributed by atoms with Gasteiger partial charge >= 0.3 is 0 Å². The lowest BCUT2D eigenvalue weighted by Crippen LogP contribution is -2.29. The third-order valence-corrected chi connectivity index (χ3v) is 2.63. The van der Waals surface area contributed by atoms with E-state index in [9.17, 15) is 13.6 Å². The minimum absolute atomic E-state index is 0.148. The highest BCUT2D eigenvalue weighted by atomic mass is 79.9. The molecule has 1 aromatic rings. The Hall–Kier alpha value is -1.21. The van der Waals surface area contributed by atoms with Gasteiger partial charge in [-0.25, -0.2) is 10.2 Å². The molecular weight excluding hydrogens is 310 g/mol. The third kappa shape index (κ3) is 4.58. The zero-order valence-electron chi connectivity index (χ0n) is 9.51. The highest BCUT2D eigenvalue weighted by Gasteiger charge is 2.11. The van der Waals surface area contributed by atoms with Crippen LogP contribution in [0.1, 0.15) is 19.3 Å². The Bertz CT molecular complexity index is 430. The summed E-state index contributed by atoms with van der Waals surface area (Å²) < 4.78 is 31.8. The van der Waals surface area contributed by atoms with Crippen LogP contribution < -0.4 is 16.0 Å². The van der Waals surface area contributed by atoms with Crippen molar-refractivity contribution in [3.63, 3.8) is 0 Å². The van der Waals surface area contributed by atoms with E-state index in [4.69, 9.17) is 10.6 Å². The van der Waals surface area contributed by atoms with Crippen LogP contribution in [0.5, 0.6) is 5.75 Å². The van der Waals surface area contributed by atoms with E-state index in [0.717, 1.165) is 6.07 Å². The fraction of sp³-hybridized carbons (Fsp3) is 0.364. The van der Waals surface area contributed by atoms with Crippen molar-refractivity contribution in [2.45, 2.75) is 19.3 Å². The topological polar surface area (TPSA) is 64.3 Å². The predicted molar refractivity (Wildman–Crippen MR) is 65.7 cm³/mol. The number of benzene rings is 1. The van der Waals surface area contributed by atoms with Crippen molar-refractivity contribution < 1.29 is 18.3 Å². The summed E-state index contributed by atoms with van der Waals surface area (Å²) >= 11 is 3.04. The van der Waals surface area contributed by atoms with E-state index in [1.54, 1.807) is 0 Å². The molecule has 3 N–H and O–H groups in total. The maximum Gasteiger partial charge on any atom is 0.233 e.